The minimum absolute atomic E-state index is 0.264. The lowest BCUT2D eigenvalue weighted by Gasteiger charge is -2.26. The summed E-state index contributed by atoms with van der Waals surface area (Å²) in [4.78, 5) is 0. The van der Waals surface area contributed by atoms with Crippen LogP contribution in [0.15, 0.2) is 29.7 Å². The standard InChI is InChI=1S/C14H19N5O2S/c1-11-7-16-18(3)14(11)22(20,21)19-6-4-5-12(10-19)13-8-15-17(2)9-13/h5,7-9H,4,6,10H2,1-3H3. The van der Waals surface area contributed by atoms with Crippen molar-refractivity contribution >= 4 is 15.6 Å². The van der Waals surface area contributed by atoms with Crippen LogP contribution in [-0.4, -0.2) is 45.4 Å². The highest BCUT2D eigenvalue weighted by molar-refractivity contribution is 7.89. The normalized spacial score (nSPS) is 16.8. The van der Waals surface area contributed by atoms with Gasteiger partial charge in [0.25, 0.3) is 10.0 Å². The molecule has 1 aliphatic rings. The molecule has 0 radical (unpaired) electrons. The largest absolute Gasteiger partial charge is 0.275 e. The van der Waals surface area contributed by atoms with Crippen LogP contribution in [0.3, 0.4) is 0 Å². The molecule has 3 rings (SSSR count). The maximum absolute atomic E-state index is 12.9. The molecule has 0 spiro atoms. The maximum Gasteiger partial charge on any atom is 0.260 e. The summed E-state index contributed by atoms with van der Waals surface area (Å²) in [6.07, 6.45) is 8.02. The van der Waals surface area contributed by atoms with Gasteiger partial charge in [-0.2, -0.15) is 14.5 Å². The molecule has 0 aliphatic carbocycles. The second-order valence-electron chi connectivity index (χ2n) is 5.52. The van der Waals surface area contributed by atoms with Gasteiger partial charge in [0.05, 0.1) is 12.4 Å². The lowest BCUT2D eigenvalue weighted by molar-refractivity contribution is 0.435. The summed E-state index contributed by atoms with van der Waals surface area (Å²) < 4.78 is 30.4. The molecule has 8 heteroatoms. The minimum atomic E-state index is -3.55. The number of aryl methyl sites for hydroxylation is 3. The predicted molar refractivity (Wildman–Crippen MR) is 82.5 cm³/mol. The first-order chi connectivity index (χ1) is 10.4. The number of hydrogen-bond acceptors (Lipinski definition) is 4. The minimum Gasteiger partial charge on any atom is -0.275 e. The average Bonchev–Trinajstić information content (AvgIpc) is 3.05. The number of hydrogen-bond donors (Lipinski definition) is 0. The van der Waals surface area contributed by atoms with Gasteiger partial charge in [-0.15, -0.1) is 0 Å². The van der Waals surface area contributed by atoms with Gasteiger partial charge in [0.2, 0.25) is 0 Å². The summed E-state index contributed by atoms with van der Waals surface area (Å²) in [6.45, 7) is 2.61. The van der Waals surface area contributed by atoms with E-state index in [4.69, 9.17) is 0 Å². The fraction of sp³-hybridized carbons (Fsp3) is 0.429. The van der Waals surface area contributed by atoms with Crippen LogP contribution in [-0.2, 0) is 24.1 Å². The molecule has 0 unspecified atom stereocenters. The Morgan fingerprint density at radius 1 is 1.18 bits per heavy atom. The summed E-state index contributed by atoms with van der Waals surface area (Å²) in [7, 11) is -0.0463. The molecule has 2 aromatic heterocycles. The Balaban J connectivity index is 1.92. The Hall–Kier alpha value is -1.93. The predicted octanol–water partition coefficient (Wildman–Crippen LogP) is 0.940. The van der Waals surface area contributed by atoms with Crippen LogP contribution >= 0.6 is 0 Å². The monoisotopic (exact) mass is 321 g/mol. The van der Waals surface area contributed by atoms with Crippen LogP contribution in [0.25, 0.3) is 5.57 Å². The highest BCUT2D eigenvalue weighted by atomic mass is 32.2. The maximum atomic E-state index is 12.9. The Kier molecular flexibility index (Phi) is 3.65. The summed E-state index contributed by atoms with van der Waals surface area (Å²) in [5.41, 5.74) is 2.62. The van der Waals surface area contributed by atoms with Gasteiger partial charge in [-0.25, -0.2) is 8.42 Å². The van der Waals surface area contributed by atoms with Crippen LogP contribution in [0, 0.1) is 6.92 Å². The summed E-state index contributed by atoms with van der Waals surface area (Å²) in [6, 6.07) is 0. The zero-order valence-corrected chi connectivity index (χ0v) is 13.7. The van der Waals surface area contributed by atoms with Crippen LogP contribution in [0.4, 0.5) is 0 Å². The molecular weight excluding hydrogens is 302 g/mol. The number of nitrogens with zero attached hydrogens (tertiary/aromatic N) is 5. The third kappa shape index (κ3) is 2.48. The molecule has 22 heavy (non-hydrogen) atoms. The Morgan fingerprint density at radius 2 is 1.95 bits per heavy atom. The Morgan fingerprint density at radius 3 is 2.55 bits per heavy atom. The number of aromatic nitrogens is 4. The molecular formula is C14H19N5O2S. The van der Waals surface area contributed by atoms with E-state index in [9.17, 15) is 8.42 Å². The van der Waals surface area contributed by atoms with Crippen molar-refractivity contribution in [2.45, 2.75) is 18.4 Å². The molecule has 7 nitrogen and oxygen atoms in total. The molecule has 0 atom stereocenters. The van der Waals surface area contributed by atoms with Crippen LogP contribution in [0.2, 0.25) is 0 Å². The number of sulfonamides is 1. The molecule has 2 aromatic rings. The van der Waals surface area contributed by atoms with Gasteiger partial charge in [-0.1, -0.05) is 6.08 Å². The fourth-order valence-electron chi connectivity index (χ4n) is 2.75. The van der Waals surface area contributed by atoms with Crippen molar-refractivity contribution in [3.05, 3.63) is 35.8 Å². The summed E-state index contributed by atoms with van der Waals surface area (Å²) in [5.74, 6) is 0. The van der Waals surface area contributed by atoms with E-state index in [-0.39, 0.29) is 5.03 Å². The molecule has 1 aliphatic heterocycles. The molecule has 0 amide bonds. The van der Waals surface area contributed by atoms with Crippen LogP contribution in [0.5, 0.6) is 0 Å². The Labute approximate surface area is 129 Å². The van der Waals surface area contributed by atoms with Gasteiger partial charge in [-0.05, 0) is 18.9 Å². The topological polar surface area (TPSA) is 73.0 Å². The van der Waals surface area contributed by atoms with E-state index >= 15 is 0 Å². The van der Waals surface area contributed by atoms with Gasteiger partial charge < -0.3 is 0 Å². The van der Waals surface area contributed by atoms with E-state index in [0.29, 0.717) is 25.1 Å². The number of rotatable bonds is 3. The van der Waals surface area contributed by atoms with E-state index in [1.54, 1.807) is 31.0 Å². The van der Waals surface area contributed by atoms with Gasteiger partial charge >= 0.3 is 0 Å². The highest BCUT2D eigenvalue weighted by Gasteiger charge is 2.31. The SMILES string of the molecule is Cc1cnn(C)c1S(=O)(=O)N1CCC=C(c2cnn(C)c2)C1. The Bertz CT molecular complexity index is 812. The zero-order chi connectivity index (χ0) is 15.9. The smallest absolute Gasteiger partial charge is 0.260 e. The van der Waals surface area contributed by atoms with E-state index in [2.05, 4.69) is 16.3 Å². The molecule has 0 saturated carbocycles. The van der Waals surface area contributed by atoms with Gasteiger partial charge in [0.15, 0.2) is 5.03 Å². The zero-order valence-electron chi connectivity index (χ0n) is 12.9. The van der Waals surface area contributed by atoms with Gasteiger partial charge in [0.1, 0.15) is 0 Å². The molecule has 0 aromatic carbocycles. The highest BCUT2D eigenvalue weighted by Crippen LogP contribution is 2.26. The molecule has 0 fully saturated rings. The summed E-state index contributed by atoms with van der Waals surface area (Å²) >= 11 is 0. The van der Waals surface area contributed by atoms with Crippen molar-refractivity contribution in [1.29, 1.82) is 0 Å². The van der Waals surface area contributed by atoms with Crippen molar-refractivity contribution < 1.29 is 8.42 Å². The molecule has 3 heterocycles. The van der Waals surface area contributed by atoms with E-state index in [1.165, 1.54) is 8.99 Å². The first-order valence-corrected chi connectivity index (χ1v) is 8.50. The van der Waals surface area contributed by atoms with Gasteiger partial charge in [-0.3, -0.25) is 9.36 Å². The first kappa shape index (κ1) is 15.0. The van der Waals surface area contributed by atoms with Crippen molar-refractivity contribution in [2.75, 3.05) is 13.1 Å². The third-order valence-corrected chi connectivity index (χ3v) is 5.90. The fourth-order valence-corrected chi connectivity index (χ4v) is 4.49. The second kappa shape index (κ2) is 5.36. The van der Waals surface area contributed by atoms with E-state index < -0.39 is 10.0 Å². The molecule has 0 bridgehead atoms. The molecule has 0 N–H and O–H groups in total. The van der Waals surface area contributed by atoms with Gasteiger partial charge in [0, 0.05) is 44.5 Å². The van der Waals surface area contributed by atoms with Crippen molar-refractivity contribution in [3.8, 4) is 0 Å². The van der Waals surface area contributed by atoms with Crippen molar-refractivity contribution in [1.82, 2.24) is 23.9 Å². The summed E-state index contributed by atoms with van der Waals surface area (Å²) in [5, 5.41) is 8.46. The molecule has 118 valence electrons. The van der Waals surface area contributed by atoms with Crippen LogP contribution < -0.4 is 0 Å². The average molecular weight is 321 g/mol. The van der Waals surface area contributed by atoms with Crippen molar-refractivity contribution in [2.24, 2.45) is 14.1 Å². The van der Waals surface area contributed by atoms with E-state index in [0.717, 1.165) is 11.1 Å². The lowest BCUT2D eigenvalue weighted by Crippen LogP contribution is -2.36. The van der Waals surface area contributed by atoms with E-state index in [1.807, 2.05) is 13.2 Å². The first-order valence-electron chi connectivity index (χ1n) is 7.06. The quantitative estimate of drug-likeness (QED) is 0.843. The van der Waals surface area contributed by atoms with Crippen LogP contribution in [0.1, 0.15) is 17.5 Å². The second-order valence-corrected chi connectivity index (χ2v) is 7.37. The lowest BCUT2D eigenvalue weighted by atomic mass is 10.1. The molecule has 0 saturated heterocycles. The third-order valence-electron chi connectivity index (χ3n) is 3.83. The van der Waals surface area contributed by atoms with Crippen molar-refractivity contribution in [3.63, 3.8) is 0 Å².